The van der Waals surface area contributed by atoms with Crippen molar-refractivity contribution in [2.45, 2.75) is 34.1 Å². The van der Waals surface area contributed by atoms with Crippen molar-refractivity contribution in [3.8, 4) is 5.75 Å². The highest BCUT2D eigenvalue weighted by atomic mass is 16.5. The molecule has 3 nitrogen and oxygen atoms in total. The van der Waals surface area contributed by atoms with Gasteiger partial charge in [0.1, 0.15) is 5.75 Å². The molecule has 114 valence electrons. The summed E-state index contributed by atoms with van der Waals surface area (Å²) in [6, 6.07) is 6.34. The highest BCUT2D eigenvalue weighted by Crippen LogP contribution is 2.19. The Morgan fingerprint density at radius 3 is 2.60 bits per heavy atom. The Labute approximate surface area is 124 Å². The number of nitrogens with two attached hydrogens (primary N) is 1. The Kier molecular flexibility index (Phi) is 6.50. The first-order valence-corrected chi connectivity index (χ1v) is 7.43. The SMILES string of the molecule is Cc1ccc(C)c(OCCCN(C)CC(C)(C)CN)c1. The second-order valence-electron chi connectivity index (χ2n) is 6.58. The van der Waals surface area contributed by atoms with Gasteiger partial charge in [-0.1, -0.05) is 26.0 Å². The third-order valence-corrected chi connectivity index (χ3v) is 3.54. The largest absolute Gasteiger partial charge is 0.493 e. The summed E-state index contributed by atoms with van der Waals surface area (Å²) in [5.41, 5.74) is 8.39. The molecule has 0 saturated carbocycles. The maximum Gasteiger partial charge on any atom is 0.122 e. The Balaban J connectivity index is 2.30. The summed E-state index contributed by atoms with van der Waals surface area (Å²) in [5.74, 6) is 1.01. The molecule has 0 atom stereocenters. The predicted molar refractivity (Wildman–Crippen MR) is 86.4 cm³/mol. The van der Waals surface area contributed by atoms with Crippen LogP contribution in [0.3, 0.4) is 0 Å². The molecule has 20 heavy (non-hydrogen) atoms. The van der Waals surface area contributed by atoms with Gasteiger partial charge in [-0.2, -0.15) is 0 Å². The van der Waals surface area contributed by atoms with E-state index in [-0.39, 0.29) is 5.41 Å². The number of benzene rings is 1. The summed E-state index contributed by atoms with van der Waals surface area (Å²) in [5, 5.41) is 0. The fourth-order valence-electron chi connectivity index (χ4n) is 2.25. The third-order valence-electron chi connectivity index (χ3n) is 3.54. The Morgan fingerprint density at radius 1 is 1.25 bits per heavy atom. The molecule has 0 aliphatic rings. The van der Waals surface area contributed by atoms with Crippen molar-refractivity contribution < 1.29 is 4.74 Å². The minimum atomic E-state index is 0.183. The topological polar surface area (TPSA) is 38.5 Å². The molecule has 0 bridgehead atoms. The van der Waals surface area contributed by atoms with E-state index in [4.69, 9.17) is 10.5 Å². The first-order valence-electron chi connectivity index (χ1n) is 7.43. The third kappa shape index (κ3) is 5.93. The molecule has 0 fully saturated rings. The van der Waals surface area contributed by atoms with Crippen molar-refractivity contribution in [3.05, 3.63) is 29.3 Å². The van der Waals surface area contributed by atoms with Gasteiger partial charge in [-0.25, -0.2) is 0 Å². The van der Waals surface area contributed by atoms with Crippen molar-refractivity contribution in [2.24, 2.45) is 11.1 Å². The van der Waals surface area contributed by atoms with Crippen LogP contribution >= 0.6 is 0 Å². The van der Waals surface area contributed by atoms with E-state index in [2.05, 4.69) is 57.8 Å². The van der Waals surface area contributed by atoms with Crippen molar-refractivity contribution in [1.29, 1.82) is 0 Å². The zero-order chi connectivity index (χ0) is 15.2. The van der Waals surface area contributed by atoms with Gasteiger partial charge in [0.2, 0.25) is 0 Å². The zero-order valence-corrected chi connectivity index (χ0v) is 13.7. The predicted octanol–water partition coefficient (Wildman–Crippen LogP) is 2.99. The van der Waals surface area contributed by atoms with Gasteiger partial charge in [-0.15, -0.1) is 0 Å². The first kappa shape index (κ1) is 17.0. The summed E-state index contributed by atoms with van der Waals surface area (Å²) in [6.07, 6.45) is 1.03. The second-order valence-corrected chi connectivity index (χ2v) is 6.58. The number of rotatable bonds is 8. The van der Waals surface area contributed by atoms with E-state index in [1.54, 1.807) is 0 Å². The Hall–Kier alpha value is -1.06. The number of hydrogen-bond donors (Lipinski definition) is 1. The smallest absolute Gasteiger partial charge is 0.122 e. The average molecular weight is 278 g/mol. The summed E-state index contributed by atoms with van der Waals surface area (Å²) < 4.78 is 5.87. The zero-order valence-electron chi connectivity index (χ0n) is 13.7. The van der Waals surface area contributed by atoms with Gasteiger partial charge in [0.05, 0.1) is 6.61 Å². The average Bonchev–Trinajstić information content (AvgIpc) is 2.38. The molecular formula is C17H30N2O. The molecule has 0 radical (unpaired) electrons. The fourth-order valence-corrected chi connectivity index (χ4v) is 2.25. The van der Waals surface area contributed by atoms with Gasteiger partial charge in [-0.3, -0.25) is 0 Å². The van der Waals surface area contributed by atoms with E-state index < -0.39 is 0 Å². The van der Waals surface area contributed by atoms with Crippen LogP contribution in [0.25, 0.3) is 0 Å². The molecule has 2 N–H and O–H groups in total. The molecule has 0 heterocycles. The van der Waals surface area contributed by atoms with Crippen LogP contribution in [0.2, 0.25) is 0 Å². The molecule has 1 aromatic rings. The van der Waals surface area contributed by atoms with Crippen LogP contribution in [0.15, 0.2) is 18.2 Å². The molecule has 0 saturated heterocycles. The molecule has 0 aliphatic carbocycles. The molecule has 0 aliphatic heterocycles. The van der Waals surface area contributed by atoms with Crippen LogP contribution in [0.4, 0.5) is 0 Å². The van der Waals surface area contributed by atoms with Crippen LogP contribution in [-0.4, -0.2) is 38.2 Å². The maximum absolute atomic E-state index is 5.87. The number of aryl methyl sites for hydroxylation is 2. The quantitative estimate of drug-likeness (QED) is 0.743. The summed E-state index contributed by atoms with van der Waals surface area (Å²) in [4.78, 5) is 2.33. The summed E-state index contributed by atoms with van der Waals surface area (Å²) in [7, 11) is 2.15. The summed E-state index contributed by atoms with van der Waals surface area (Å²) in [6.45, 7) is 12.1. The van der Waals surface area contributed by atoms with Crippen molar-refractivity contribution in [1.82, 2.24) is 4.90 Å². The van der Waals surface area contributed by atoms with Crippen molar-refractivity contribution in [3.63, 3.8) is 0 Å². The number of ether oxygens (including phenoxy) is 1. The molecular weight excluding hydrogens is 248 g/mol. The van der Waals surface area contributed by atoms with Gasteiger partial charge < -0.3 is 15.4 Å². The molecule has 0 unspecified atom stereocenters. The van der Waals surface area contributed by atoms with Gasteiger partial charge in [0.25, 0.3) is 0 Å². The van der Waals surface area contributed by atoms with Crippen LogP contribution in [-0.2, 0) is 0 Å². The van der Waals surface area contributed by atoms with Gasteiger partial charge in [-0.05, 0) is 56.5 Å². The highest BCUT2D eigenvalue weighted by Gasteiger charge is 2.17. The molecule has 0 amide bonds. The minimum absolute atomic E-state index is 0.183. The molecule has 0 aromatic heterocycles. The lowest BCUT2D eigenvalue weighted by molar-refractivity contribution is 0.199. The standard InChI is InChI=1S/C17H30N2O/c1-14-7-8-15(2)16(11-14)20-10-6-9-19(5)13-17(3,4)12-18/h7-8,11H,6,9-10,12-13,18H2,1-5H3. The lowest BCUT2D eigenvalue weighted by Crippen LogP contribution is -2.37. The van der Waals surface area contributed by atoms with Crippen molar-refractivity contribution in [2.75, 3.05) is 33.3 Å². The minimum Gasteiger partial charge on any atom is -0.493 e. The normalized spacial score (nSPS) is 11.9. The Morgan fingerprint density at radius 2 is 1.95 bits per heavy atom. The van der Waals surface area contributed by atoms with Crippen LogP contribution in [0, 0.1) is 19.3 Å². The van der Waals surface area contributed by atoms with E-state index in [0.29, 0.717) is 0 Å². The van der Waals surface area contributed by atoms with E-state index in [9.17, 15) is 0 Å². The molecule has 0 spiro atoms. The van der Waals surface area contributed by atoms with E-state index in [0.717, 1.165) is 38.4 Å². The molecule has 3 heteroatoms. The van der Waals surface area contributed by atoms with Crippen LogP contribution in [0.5, 0.6) is 5.75 Å². The van der Waals surface area contributed by atoms with Gasteiger partial charge in [0, 0.05) is 13.1 Å². The van der Waals surface area contributed by atoms with Crippen LogP contribution < -0.4 is 10.5 Å². The van der Waals surface area contributed by atoms with Gasteiger partial charge in [0.15, 0.2) is 0 Å². The summed E-state index contributed by atoms with van der Waals surface area (Å²) >= 11 is 0. The lowest BCUT2D eigenvalue weighted by atomic mass is 9.93. The van der Waals surface area contributed by atoms with Crippen LogP contribution in [0.1, 0.15) is 31.4 Å². The molecule has 1 rings (SSSR count). The first-order chi connectivity index (χ1) is 9.34. The van der Waals surface area contributed by atoms with E-state index in [1.165, 1.54) is 11.1 Å². The monoisotopic (exact) mass is 278 g/mol. The lowest BCUT2D eigenvalue weighted by Gasteiger charge is -2.28. The van der Waals surface area contributed by atoms with E-state index >= 15 is 0 Å². The Bertz CT molecular complexity index is 415. The van der Waals surface area contributed by atoms with E-state index in [1.807, 2.05) is 0 Å². The number of hydrogen-bond acceptors (Lipinski definition) is 3. The van der Waals surface area contributed by atoms with Gasteiger partial charge >= 0.3 is 0 Å². The highest BCUT2D eigenvalue weighted by molar-refractivity contribution is 5.35. The maximum atomic E-state index is 5.87. The second kappa shape index (κ2) is 7.65. The molecule has 1 aromatic carbocycles. The number of nitrogens with zero attached hydrogens (tertiary/aromatic N) is 1. The van der Waals surface area contributed by atoms with Crippen molar-refractivity contribution >= 4 is 0 Å². The fraction of sp³-hybridized carbons (Fsp3) is 0.647.